The van der Waals surface area contributed by atoms with Crippen molar-refractivity contribution in [3.05, 3.63) is 59.5 Å². The molecule has 0 amide bonds. The van der Waals surface area contributed by atoms with Crippen molar-refractivity contribution in [1.29, 1.82) is 0 Å². The summed E-state index contributed by atoms with van der Waals surface area (Å²) < 4.78 is 17.5. The molecule has 3 aromatic rings. The van der Waals surface area contributed by atoms with Crippen molar-refractivity contribution in [2.75, 3.05) is 19.8 Å². The molecule has 0 fully saturated rings. The first kappa shape index (κ1) is 16.3. The summed E-state index contributed by atoms with van der Waals surface area (Å²) in [7, 11) is 0. The second kappa shape index (κ2) is 7.84. The van der Waals surface area contributed by atoms with Gasteiger partial charge in [-0.25, -0.2) is 4.79 Å². The zero-order valence-electron chi connectivity index (χ0n) is 13.4. The molecule has 0 spiro atoms. The molecule has 0 aliphatic carbocycles. The SMILES string of the molecule is CCOc1ccccc1OCCOC(=O)c1csc2ccccc12. The van der Waals surface area contributed by atoms with Gasteiger partial charge in [0, 0.05) is 15.5 Å². The number of ether oxygens (including phenoxy) is 3. The zero-order valence-corrected chi connectivity index (χ0v) is 14.2. The molecule has 0 saturated carbocycles. The van der Waals surface area contributed by atoms with Crippen LogP contribution in [0.1, 0.15) is 17.3 Å². The van der Waals surface area contributed by atoms with Crippen molar-refractivity contribution < 1.29 is 19.0 Å². The number of rotatable bonds is 7. The van der Waals surface area contributed by atoms with E-state index in [2.05, 4.69) is 0 Å². The first-order valence-corrected chi connectivity index (χ1v) is 8.65. The maximum Gasteiger partial charge on any atom is 0.339 e. The molecule has 24 heavy (non-hydrogen) atoms. The predicted molar refractivity (Wildman–Crippen MR) is 95.2 cm³/mol. The fraction of sp³-hybridized carbons (Fsp3) is 0.211. The van der Waals surface area contributed by atoms with Crippen LogP contribution in [0.5, 0.6) is 11.5 Å². The van der Waals surface area contributed by atoms with Gasteiger partial charge >= 0.3 is 5.97 Å². The van der Waals surface area contributed by atoms with Gasteiger partial charge in [0.05, 0.1) is 12.2 Å². The second-order valence-corrected chi connectivity index (χ2v) is 5.92. The summed E-state index contributed by atoms with van der Waals surface area (Å²) in [6.07, 6.45) is 0. The molecule has 124 valence electrons. The van der Waals surface area contributed by atoms with Gasteiger partial charge in [0.2, 0.25) is 0 Å². The minimum atomic E-state index is -0.325. The maximum absolute atomic E-state index is 12.2. The molecule has 1 heterocycles. The summed E-state index contributed by atoms with van der Waals surface area (Å²) in [6, 6.07) is 15.2. The Kier molecular flexibility index (Phi) is 5.33. The molecule has 2 aromatic carbocycles. The van der Waals surface area contributed by atoms with Crippen molar-refractivity contribution in [3.63, 3.8) is 0 Å². The molecular formula is C19H18O4S. The van der Waals surface area contributed by atoms with Crippen LogP contribution in [0, 0.1) is 0 Å². The van der Waals surface area contributed by atoms with Gasteiger partial charge < -0.3 is 14.2 Å². The van der Waals surface area contributed by atoms with Crippen LogP contribution < -0.4 is 9.47 Å². The lowest BCUT2D eigenvalue weighted by Crippen LogP contribution is -2.12. The van der Waals surface area contributed by atoms with Gasteiger partial charge in [0.15, 0.2) is 11.5 Å². The topological polar surface area (TPSA) is 44.8 Å². The molecule has 0 radical (unpaired) electrons. The third-order valence-electron chi connectivity index (χ3n) is 3.42. The molecule has 5 heteroatoms. The van der Waals surface area contributed by atoms with Crippen molar-refractivity contribution >= 4 is 27.4 Å². The zero-order chi connectivity index (χ0) is 16.8. The van der Waals surface area contributed by atoms with Crippen LogP contribution in [0.15, 0.2) is 53.9 Å². The first-order chi connectivity index (χ1) is 11.8. The van der Waals surface area contributed by atoms with Crippen molar-refractivity contribution in [1.82, 2.24) is 0 Å². The van der Waals surface area contributed by atoms with E-state index in [0.29, 0.717) is 23.7 Å². The Morgan fingerprint density at radius 3 is 2.46 bits per heavy atom. The van der Waals surface area contributed by atoms with E-state index in [1.807, 2.05) is 60.8 Å². The summed E-state index contributed by atoms with van der Waals surface area (Å²) in [6.45, 7) is 2.95. The average molecular weight is 342 g/mol. The average Bonchev–Trinajstić information content (AvgIpc) is 3.04. The van der Waals surface area contributed by atoms with Gasteiger partial charge in [0.1, 0.15) is 13.2 Å². The van der Waals surface area contributed by atoms with E-state index >= 15 is 0 Å². The van der Waals surface area contributed by atoms with Crippen molar-refractivity contribution in [2.45, 2.75) is 6.92 Å². The fourth-order valence-electron chi connectivity index (χ4n) is 2.34. The second-order valence-electron chi connectivity index (χ2n) is 5.01. The number of carbonyl (C=O) groups is 1. The standard InChI is InChI=1S/C19H18O4S/c1-2-21-16-8-4-5-9-17(16)22-11-12-23-19(20)15-13-24-18-10-6-3-7-14(15)18/h3-10,13H,2,11-12H2,1H3. The normalized spacial score (nSPS) is 10.5. The van der Waals surface area contributed by atoms with Crippen molar-refractivity contribution in [2.24, 2.45) is 0 Å². The molecule has 0 aliphatic rings. The Balaban J connectivity index is 1.54. The maximum atomic E-state index is 12.2. The van der Waals surface area contributed by atoms with Crippen LogP contribution in [0.25, 0.3) is 10.1 Å². The van der Waals surface area contributed by atoms with Crippen LogP contribution in [-0.4, -0.2) is 25.8 Å². The number of esters is 1. The van der Waals surface area contributed by atoms with Gasteiger partial charge in [-0.2, -0.15) is 0 Å². The lowest BCUT2D eigenvalue weighted by molar-refractivity contribution is 0.0451. The van der Waals surface area contributed by atoms with E-state index in [1.165, 1.54) is 11.3 Å². The molecule has 0 atom stereocenters. The molecule has 0 aliphatic heterocycles. The number of carbonyl (C=O) groups excluding carboxylic acids is 1. The quantitative estimate of drug-likeness (QED) is 0.467. The highest BCUT2D eigenvalue weighted by atomic mass is 32.1. The van der Waals surface area contributed by atoms with Gasteiger partial charge in [-0.1, -0.05) is 30.3 Å². The highest BCUT2D eigenvalue weighted by Gasteiger charge is 2.13. The Hall–Kier alpha value is -2.53. The summed E-state index contributed by atoms with van der Waals surface area (Å²) in [4.78, 5) is 12.2. The van der Waals surface area contributed by atoms with Crippen LogP contribution in [0.2, 0.25) is 0 Å². The predicted octanol–water partition coefficient (Wildman–Crippen LogP) is 4.54. The molecule has 0 N–H and O–H groups in total. The van der Waals surface area contributed by atoms with E-state index in [1.54, 1.807) is 0 Å². The van der Waals surface area contributed by atoms with Gasteiger partial charge in [0.25, 0.3) is 0 Å². The Bertz CT molecular complexity index is 825. The lowest BCUT2D eigenvalue weighted by Gasteiger charge is -2.11. The monoisotopic (exact) mass is 342 g/mol. The van der Waals surface area contributed by atoms with Crippen LogP contribution in [0.3, 0.4) is 0 Å². The lowest BCUT2D eigenvalue weighted by atomic mass is 10.2. The number of fused-ring (bicyclic) bond motifs is 1. The number of thiophene rings is 1. The summed E-state index contributed by atoms with van der Waals surface area (Å²) in [5.41, 5.74) is 0.602. The fourth-order valence-corrected chi connectivity index (χ4v) is 3.27. The Morgan fingerprint density at radius 2 is 1.67 bits per heavy atom. The minimum absolute atomic E-state index is 0.184. The van der Waals surface area contributed by atoms with Crippen LogP contribution in [0.4, 0.5) is 0 Å². The largest absolute Gasteiger partial charge is 0.490 e. The van der Waals surface area contributed by atoms with E-state index < -0.39 is 0 Å². The Morgan fingerprint density at radius 1 is 0.958 bits per heavy atom. The summed E-state index contributed by atoms with van der Waals surface area (Å²) >= 11 is 1.54. The van der Waals surface area contributed by atoms with E-state index in [9.17, 15) is 4.79 Å². The third kappa shape index (κ3) is 3.68. The third-order valence-corrected chi connectivity index (χ3v) is 4.39. The molecule has 0 bridgehead atoms. The minimum Gasteiger partial charge on any atom is -0.490 e. The molecule has 4 nitrogen and oxygen atoms in total. The Labute approximate surface area is 144 Å². The van der Waals surface area contributed by atoms with Gasteiger partial charge in [-0.3, -0.25) is 0 Å². The van der Waals surface area contributed by atoms with E-state index in [-0.39, 0.29) is 19.2 Å². The van der Waals surface area contributed by atoms with Crippen molar-refractivity contribution in [3.8, 4) is 11.5 Å². The number of benzene rings is 2. The first-order valence-electron chi connectivity index (χ1n) is 7.77. The van der Waals surface area contributed by atoms with E-state index in [0.717, 1.165) is 10.1 Å². The molecular weight excluding hydrogens is 324 g/mol. The molecule has 1 aromatic heterocycles. The number of hydrogen-bond donors (Lipinski definition) is 0. The molecule has 3 rings (SSSR count). The highest BCUT2D eigenvalue weighted by molar-refractivity contribution is 7.17. The summed E-state index contributed by atoms with van der Waals surface area (Å²) in [5.74, 6) is 1.01. The van der Waals surface area contributed by atoms with E-state index in [4.69, 9.17) is 14.2 Å². The van der Waals surface area contributed by atoms with Gasteiger partial charge in [-0.15, -0.1) is 11.3 Å². The van der Waals surface area contributed by atoms with Gasteiger partial charge in [-0.05, 0) is 25.1 Å². The summed E-state index contributed by atoms with van der Waals surface area (Å²) in [5, 5.41) is 2.76. The smallest absolute Gasteiger partial charge is 0.339 e. The molecule has 0 saturated heterocycles. The van der Waals surface area contributed by atoms with Crippen LogP contribution >= 0.6 is 11.3 Å². The number of para-hydroxylation sites is 2. The number of hydrogen-bond acceptors (Lipinski definition) is 5. The highest BCUT2D eigenvalue weighted by Crippen LogP contribution is 2.27. The molecule has 0 unspecified atom stereocenters. The van der Waals surface area contributed by atoms with Crippen LogP contribution in [-0.2, 0) is 4.74 Å².